The van der Waals surface area contributed by atoms with E-state index in [1.165, 1.54) is 21.1 Å². The molecule has 25 heavy (non-hydrogen) atoms. The van der Waals surface area contributed by atoms with Gasteiger partial charge in [-0.05, 0) is 37.1 Å². The number of methoxy groups -OCH3 is 2. The number of aryl methyl sites for hydroxylation is 1. The molecule has 1 unspecified atom stereocenters. The molecule has 2 N–H and O–H groups in total. The molecule has 1 aromatic heterocycles. The summed E-state index contributed by atoms with van der Waals surface area (Å²) in [6, 6.07) is 9.06. The number of hydrogen-bond acceptors (Lipinski definition) is 5. The quantitative estimate of drug-likeness (QED) is 0.781. The average Bonchev–Trinajstić information content (AvgIpc) is 2.62. The number of nitrogens with one attached hydrogen (secondary N) is 1. The monoisotopic (exact) mass is 344 g/mol. The van der Waals surface area contributed by atoms with E-state index in [-0.39, 0.29) is 0 Å². The molecule has 2 rings (SSSR count). The van der Waals surface area contributed by atoms with Crippen molar-refractivity contribution in [3.05, 3.63) is 42.1 Å². The van der Waals surface area contributed by atoms with Crippen molar-refractivity contribution < 1.29 is 24.2 Å². The summed E-state index contributed by atoms with van der Waals surface area (Å²) in [6.07, 6.45) is 1.66. The molecule has 1 aromatic carbocycles. The third-order valence-electron chi connectivity index (χ3n) is 4.01. The predicted molar refractivity (Wildman–Crippen MR) is 92.6 cm³/mol. The Hall–Kier alpha value is -2.93. The van der Waals surface area contributed by atoms with E-state index in [0.717, 1.165) is 16.7 Å². The first-order chi connectivity index (χ1) is 11.8. The molecular formula is C18H20N2O5. The Balaban J connectivity index is 2.32. The highest BCUT2D eigenvalue weighted by Crippen LogP contribution is 2.27. The smallest absolute Gasteiger partial charge is 0.345 e. The molecule has 0 bridgehead atoms. The fraction of sp³-hybridized carbons (Fsp3) is 0.278. The van der Waals surface area contributed by atoms with Crippen LogP contribution in [0.1, 0.15) is 12.5 Å². The zero-order valence-corrected chi connectivity index (χ0v) is 14.5. The van der Waals surface area contributed by atoms with E-state index in [1.807, 2.05) is 25.1 Å². The van der Waals surface area contributed by atoms with Crippen molar-refractivity contribution in [3.63, 3.8) is 0 Å². The largest absolute Gasteiger partial charge is 0.481 e. The van der Waals surface area contributed by atoms with Crippen LogP contribution in [0.2, 0.25) is 0 Å². The molecule has 7 nitrogen and oxygen atoms in total. The van der Waals surface area contributed by atoms with Crippen LogP contribution < -0.4 is 10.1 Å². The number of carboxylic acids is 1. The lowest BCUT2D eigenvalue weighted by molar-refractivity contribution is -0.165. The Morgan fingerprint density at radius 2 is 1.84 bits per heavy atom. The maximum absolute atomic E-state index is 12.3. The van der Waals surface area contributed by atoms with E-state index in [2.05, 4.69) is 10.3 Å². The van der Waals surface area contributed by atoms with Gasteiger partial charge >= 0.3 is 5.97 Å². The topological polar surface area (TPSA) is 97.8 Å². The van der Waals surface area contributed by atoms with Crippen molar-refractivity contribution in [2.24, 2.45) is 0 Å². The maximum atomic E-state index is 12.3. The average molecular weight is 344 g/mol. The number of carbonyl (C=O) groups excluding carboxylic acids is 1. The number of amides is 1. The van der Waals surface area contributed by atoms with Crippen molar-refractivity contribution in [2.75, 3.05) is 19.5 Å². The van der Waals surface area contributed by atoms with Gasteiger partial charge in [0.25, 0.3) is 5.91 Å². The van der Waals surface area contributed by atoms with Gasteiger partial charge in [0.1, 0.15) is 0 Å². The van der Waals surface area contributed by atoms with Crippen LogP contribution in [0.3, 0.4) is 0 Å². The van der Waals surface area contributed by atoms with Crippen molar-refractivity contribution >= 4 is 17.6 Å². The summed E-state index contributed by atoms with van der Waals surface area (Å²) in [7, 11) is 2.72. The van der Waals surface area contributed by atoms with Gasteiger partial charge in [0.15, 0.2) is 0 Å². The Kier molecular flexibility index (Phi) is 5.38. The minimum Gasteiger partial charge on any atom is -0.481 e. The lowest BCUT2D eigenvalue weighted by Crippen LogP contribution is -2.48. The minimum atomic E-state index is -1.97. The number of hydrogen-bond donors (Lipinski definition) is 2. The molecule has 1 atom stereocenters. The standard InChI is InChI=1S/C18H20N2O5/c1-11-5-6-12(13-7-8-15(24-3)19-10-13)9-14(11)20-16(21)18(2,25-4)17(22)23/h5-10H,1-4H3,(H,20,21)(H,22,23). The summed E-state index contributed by atoms with van der Waals surface area (Å²) in [5.41, 5.74) is 0.990. The van der Waals surface area contributed by atoms with Crippen LogP contribution >= 0.6 is 0 Å². The number of carbonyl (C=O) groups is 2. The first-order valence-corrected chi connectivity index (χ1v) is 7.53. The van der Waals surface area contributed by atoms with Gasteiger partial charge in [-0.2, -0.15) is 0 Å². The van der Waals surface area contributed by atoms with Gasteiger partial charge in [-0.3, -0.25) is 4.79 Å². The third kappa shape index (κ3) is 3.77. The Morgan fingerprint density at radius 3 is 2.36 bits per heavy atom. The molecule has 0 aliphatic carbocycles. The third-order valence-corrected chi connectivity index (χ3v) is 4.01. The van der Waals surface area contributed by atoms with Crippen LogP contribution in [0.4, 0.5) is 5.69 Å². The van der Waals surface area contributed by atoms with Crippen molar-refractivity contribution in [1.29, 1.82) is 0 Å². The highest BCUT2D eigenvalue weighted by molar-refractivity contribution is 6.11. The molecular weight excluding hydrogens is 324 g/mol. The van der Waals surface area contributed by atoms with Gasteiger partial charge in [0.2, 0.25) is 11.5 Å². The molecule has 0 spiro atoms. The Labute approximate surface area is 145 Å². The molecule has 0 saturated heterocycles. The second-order valence-corrected chi connectivity index (χ2v) is 5.62. The Morgan fingerprint density at radius 1 is 1.16 bits per heavy atom. The summed E-state index contributed by atoms with van der Waals surface area (Å²) in [5.74, 6) is -1.61. The van der Waals surface area contributed by atoms with Gasteiger partial charge in [0, 0.05) is 30.6 Å². The van der Waals surface area contributed by atoms with E-state index in [9.17, 15) is 14.7 Å². The van der Waals surface area contributed by atoms with Crippen molar-refractivity contribution in [3.8, 4) is 17.0 Å². The highest BCUT2D eigenvalue weighted by Gasteiger charge is 2.41. The molecule has 2 aromatic rings. The van der Waals surface area contributed by atoms with E-state index < -0.39 is 17.5 Å². The van der Waals surface area contributed by atoms with Crippen LogP contribution in [0.15, 0.2) is 36.5 Å². The first-order valence-electron chi connectivity index (χ1n) is 7.53. The lowest BCUT2D eigenvalue weighted by Gasteiger charge is -2.22. The second kappa shape index (κ2) is 7.31. The SMILES string of the molecule is COc1ccc(-c2ccc(C)c(NC(=O)C(C)(OC)C(=O)O)c2)cn1. The number of pyridine rings is 1. The van der Waals surface area contributed by atoms with Crippen molar-refractivity contribution in [2.45, 2.75) is 19.4 Å². The molecule has 1 amide bonds. The van der Waals surface area contributed by atoms with Crippen LogP contribution in [-0.4, -0.2) is 41.8 Å². The van der Waals surface area contributed by atoms with Crippen molar-refractivity contribution in [1.82, 2.24) is 4.98 Å². The van der Waals surface area contributed by atoms with Gasteiger partial charge in [0.05, 0.1) is 7.11 Å². The van der Waals surface area contributed by atoms with Crippen LogP contribution in [0, 0.1) is 6.92 Å². The summed E-state index contributed by atoms with van der Waals surface area (Å²) in [4.78, 5) is 27.8. The van der Waals surface area contributed by atoms with E-state index in [1.54, 1.807) is 18.3 Å². The molecule has 0 fully saturated rings. The number of aliphatic carboxylic acids is 1. The molecule has 7 heteroatoms. The van der Waals surface area contributed by atoms with Gasteiger partial charge < -0.3 is 19.9 Å². The zero-order valence-electron chi connectivity index (χ0n) is 14.5. The highest BCUT2D eigenvalue weighted by atomic mass is 16.5. The van der Waals surface area contributed by atoms with E-state index in [0.29, 0.717) is 11.6 Å². The Bertz CT molecular complexity index is 789. The second-order valence-electron chi connectivity index (χ2n) is 5.62. The maximum Gasteiger partial charge on any atom is 0.345 e. The summed E-state index contributed by atoms with van der Waals surface area (Å²) >= 11 is 0. The minimum absolute atomic E-state index is 0.502. The fourth-order valence-electron chi connectivity index (χ4n) is 2.13. The number of rotatable bonds is 6. The van der Waals surface area contributed by atoms with E-state index in [4.69, 9.17) is 9.47 Å². The zero-order chi connectivity index (χ0) is 18.6. The number of ether oxygens (including phenoxy) is 2. The summed E-state index contributed by atoms with van der Waals surface area (Å²) in [5, 5.41) is 11.9. The van der Waals surface area contributed by atoms with Gasteiger partial charge in [-0.25, -0.2) is 9.78 Å². The van der Waals surface area contributed by atoms with Crippen LogP contribution in [0.25, 0.3) is 11.1 Å². The predicted octanol–water partition coefficient (Wildman–Crippen LogP) is 2.49. The normalized spacial score (nSPS) is 13.0. The fourth-order valence-corrected chi connectivity index (χ4v) is 2.13. The number of anilines is 1. The summed E-state index contributed by atoms with van der Waals surface area (Å²) in [6.45, 7) is 3.02. The molecule has 0 aliphatic rings. The van der Waals surface area contributed by atoms with Crippen LogP contribution in [-0.2, 0) is 14.3 Å². The lowest BCUT2D eigenvalue weighted by atomic mass is 10.0. The van der Waals surface area contributed by atoms with Gasteiger partial charge in [-0.15, -0.1) is 0 Å². The molecule has 0 radical (unpaired) electrons. The van der Waals surface area contributed by atoms with Gasteiger partial charge in [-0.1, -0.05) is 12.1 Å². The molecule has 0 saturated carbocycles. The number of benzene rings is 1. The summed E-state index contributed by atoms with van der Waals surface area (Å²) < 4.78 is 9.91. The molecule has 132 valence electrons. The molecule has 0 aliphatic heterocycles. The van der Waals surface area contributed by atoms with Crippen LogP contribution in [0.5, 0.6) is 5.88 Å². The van der Waals surface area contributed by atoms with E-state index >= 15 is 0 Å². The number of aromatic nitrogens is 1. The first kappa shape index (κ1) is 18.4. The number of carboxylic acid groups (broad SMARTS) is 1. The number of nitrogens with zero attached hydrogens (tertiary/aromatic N) is 1. The molecule has 1 heterocycles.